The van der Waals surface area contributed by atoms with Crippen molar-refractivity contribution in [3.63, 3.8) is 0 Å². The molecule has 0 bridgehead atoms. The third-order valence-electron chi connectivity index (χ3n) is 1.62. The van der Waals surface area contributed by atoms with E-state index in [1.807, 2.05) is 0 Å². The van der Waals surface area contributed by atoms with Gasteiger partial charge in [0, 0.05) is 0 Å². The number of nitrogens with two attached hydrogens (primary N) is 1. The molecule has 2 N–H and O–H groups in total. The van der Waals surface area contributed by atoms with Gasteiger partial charge in [-0.25, -0.2) is 4.39 Å². The lowest BCUT2D eigenvalue weighted by Crippen LogP contribution is -2.16. The molecular formula is C8H4ClF4NO. The van der Waals surface area contributed by atoms with Crippen molar-refractivity contribution in [2.45, 2.75) is 6.18 Å². The van der Waals surface area contributed by atoms with Gasteiger partial charge in [0.2, 0.25) is 0 Å². The minimum absolute atomic E-state index is 0.323. The summed E-state index contributed by atoms with van der Waals surface area (Å²) >= 11 is 5.19. The number of hydrogen-bond acceptors (Lipinski definition) is 1. The van der Waals surface area contributed by atoms with E-state index >= 15 is 0 Å². The highest BCUT2D eigenvalue weighted by Crippen LogP contribution is 2.33. The van der Waals surface area contributed by atoms with Crippen LogP contribution in [0.4, 0.5) is 17.6 Å². The van der Waals surface area contributed by atoms with Gasteiger partial charge in [-0.05, 0) is 12.1 Å². The lowest BCUT2D eigenvalue weighted by molar-refractivity contribution is -0.137. The lowest BCUT2D eigenvalue weighted by Gasteiger charge is -2.09. The number of rotatable bonds is 1. The molecule has 1 aromatic carbocycles. The Morgan fingerprint density at radius 2 is 1.87 bits per heavy atom. The van der Waals surface area contributed by atoms with Crippen LogP contribution >= 0.6 is 11.6 Å². The number of carbonyl (C=O) groups excluding carboxylic acids is 1. The van der Waals surface area contributed by atoms with Crippen molar-refractivity contribution in [3.05, 3.63) is 34.1 Å². The van der Waals surface area contributed by atoms with Crippen LogP contribution in [-0.4, -0.2) is 5.91 Å². The number of amides is 1. The van der Waals surface area contributed by atoms with Crippen LogP contribution in [0.25, 0.3) is 0 Å². The third kappa shape index (κ3) is 2.38. The predicted molar refractivity (Wildman–Crippen MR) is 44.9 cm³/mol. The van der Waals surface area contributed by atoms with E-state index in [0.717, 1.165) is 0 Å². The molecule has 1 rings (SSSR count). The monoisotopic (exact) mass is 241 g/mol. The van der Waals surface area contributed by atoms with Crippen molar-refractivity contribution in [1.29, 1.82) is 0 Å². The van der Waals surface area contributed by atoms with Crippen molar-refractivity contribution in [1.82, 2.24) is 0 Å². The second-order valence-electron chi connectivity index (χ2n) is 2.68. The Hall–Kier alpha value is -1.30. The first-order valence-electron chi connectivity index (χ1n) is 3.59. The SMILES string of the molecule is NC(=O)c1cc(C(F)(F)F)cc(Cl)c1F. The molecule has 0 aliphatic carbocycles. The molecule has 0 saturated heterocycles. The van der Waals surface area contributed by atoms with E-state index in [1.54, 1.807) is 0 Å². The van der Waals surface area contributed by atoms with Gasteiger partial charge < -0.3 is 5.73 Å². The second-order valence-corrected chi connectivity index (χ2v) is 3.09. The van der Waals surface area contributed by atoms with Crippen LogP contribution in [0.1, 0.15) is 15.9 Å². The molecule has 0 radical (unpaired) electrons. The molecule has 0 aliphatic heterocycles. The maximum Gasteiger partial charge on any atom is 0.416 e. The van der Waals surface area contributed by atoms with Crippen LogP contribution in [0.15, 0.2) is 12.1 Å². The molecule has 0 heterocycles. The van der Waals surface area contributed by atoms with E-state index in [2.05, 4.69) is 0 Å². The zero-order valence-electron chi connectivity index (χ0n) is 7.03. The second kappa shape index (κ2) is 3.69. The molecule has 1 aromatic rings. The Bertz CT molecular complexity index is 416. The van der Waals surface area contributed by atoms with Gasteiger partial charge in [-0.3, -0.25) is 4.79 Å². The fraction of sp³-hybridized carbons (Fsp3) is 0.125. The van der Waals surface area contributed by atoms with E-state index < -0.39 is 34.1 Å². The third-order valence-corrected chi connectivity index (χ3v) is 1.90. The highest BCUT2D eigenvalue weighted by Gasteiger charge is 2.32. The Kier molecular flexibility index (Phi) is 2.90. The lowest BCUT2D eigenvalue weighted by atomic mass is 10.1. The normalized spacial score (nSPS) is 11.5. The number of benzene rings is 1. The summed E-state index contributed by atoms with van der Waals surface area (Å²) in [6.45, 7) is 0. The van der Waals surface area contributed by atoms with Gasteiger partial charge >= 0.3 is 6.18 Å². The van der Waals surface area contributed by atoms with E-state index in [4.69, 9.17) is 17.3 Å². The molecule has 7 heteroatoms. The fourth-order valence-corrected chi connectivity index (χ4v) is 1.15. The molecule has 15 heavy (non-hydrogen) atoms. The highest BCUT2D eigenvalue weighted by atomic mass is 35.5. The molecule has 2 nitrogen and oxygen atoms in total. The van der Waals surface area contributed by atoms with Gasteiger partial charge in [0.1, 0.15) is 0 Å². The summed E-state index contributed by atoms with van der Waals surface area (Å²) in [5.41, 5.74) is 2.59. The first-order valence-corrected chi connectivity index (χ1v) is 3.97. The number of hydrogen-bond donors (Lipinski definition) is 1. The first kappa shape index (κ1) is 11.8. The van der Waals surface area contributed by atoms with Crippen LogP contribution < -0.4 is 5.73 Å². The van der Waals surface area contributed by atoms with Gasteiger partial charge in [0.25, 0.3) is 5.91 Å². The first-order chi connectivity index (χ1) is 6.73. The average Bonchev–Trinajstić information content (AvgIpc) is 2.06. The van der Waals surface area contributed by atoms with Gasteiger partial charge in [-0.2, -0.15) is 13.2 Å². The minimum Gasteiger partial charge on any atom is -0.366 e. The summed E-state index contributed by atoms with van der Waals surface area (Å²) in [7, 11) is 0. The average molecular weight is 242 g/mol. The quantitative estimate of drug-likeness (QED) is 0.755. The molecule has 1 amide bonds. The van der Waals surface area contributed by atoms with Gasteiger partial charge in [0.15, 0.2) is 5.82 Å². The summed E-state index contributed by atoms with van der Waals surface area (Å²) < 4.78 is 49.6. The highest BCUT2D eigenvalue weighted by molar-refractivity contribution is 6.31. The Labute approximate surface area is 86.6 Å². The standard InChI is InChI=1S/C8H4ClF4NO/c9-5-2-3(8(11,12)13)1-4(6(5)10)7(14)15/h1-2H,(H2,14,15). The summed E-state index contributed by atoms with van der Waals surface area (Å²) in [6, 6.07) is 0.715. The smallest absolute Gasteiger partial charge is 0.366 e. The molecule has 0 fully saturated rings. The molecule has 0 aliphatic rings. The van der Waals surface area contributed by atoms with E-state index in [-0.39, 0.29) is 0 Å². The maximum absolute atomic E-state index is 13.0. The summed E-state index contributed by atoms with van der Waals surface area (Å²) in [4.78, 5) is 10.6. The molecule has 0 atom stereocenters. The number of carbonyl (C=O) groups is 1. The van der Waals surface area contributed by atoms with Crippen molar-refractivity contribution >= 4 is 17.5 Å². The summed E-state index contributed by atoms with van der Waals surface area (Å²) in [6.07, 6.45) is -4.71. The van der Waals surface area contributed by atoms with E-state index in [0.29, 0.717) is 12.1 Å². The van der Waals surface area contributed by atoms with E-state index in [1.165, 1.54) is 0 Å². The number of alkyl halides is 3. The topological polar surface area (TPSA) is 43.1 Å². The Balaban J connectivity index is 3.43. The van der Waals surface area contributed by atoms with Gasteiger partial charge in [-0.1, -0.05) is 11.6 Å². The molecule has 0 saturated carbocycles. The van der Waals surface area contributed by atoms with Crippen LogP contribution in [0, 0.1) is 5.82 Å². The Morgan fingerprint density at radius 1 is 1.33 bits per heavy atom. The van der Waals surface area contributed by atoms with Crippen LogP contribution in [-0.2, 0) is 6.18 Å². The number of primary amides is 1. The zero-order valence-corrected chi connectivity index (χ0v) is 7.79. The largest absolute Gasteiger partial charge is 0.416 e. The summed E-state index contributed by atoms with van der Waals surface area (Å²) in [5.74, 6) is -2.56. The maximum atomic E-state index is 13.0. The van der Waals surface area contributed by atoms with Gasteiger partial charge in [0.05, 0.1) is 16.1 Å². The van der Waals surface area contributed by atoms with Crippen LogP contribution in [0.3, 0.4) is 0 Å². The molecule has 0 unspecified atom stereocenters. The molecule has 82 valence electrons. The van der Waals surface area contributed by atoms with E-state index in [9.17, 15) is 22.4 Å². The van der Waals surface area contributed by atoms with Gasteiger partial charge in [-0.15, -0.1) is 0 Å². The Morgan fingerprint density at radius 3 is 2.27 bits per heavy atom. The van der Waals surface area contributed by atoms with Crippen LogP contribution in [0.2, 0.25) is 5.02 Å². The molecular weight excluding hydrogens is 238 g/mol. The van der Waals surface area contributed by atoms with Crippen molar-refractivity contribution < 1.29 is 22.4 Å². The van der Waals surface area contributed by atoms with Crippen molar-refractivity contribution in [2.24, 2.45) is 5.73 Å². The fourth-order valence-electron chi connectivity index (χ4n) is 0.932. The van der Waals surface area contributed by atoms with Crippen molar-refractivity contribution in [2.75, 3.05) is 0 Å². The molecule has 0 spiro atoms. The minimum atomic E-state index is -4.71. The zero-order chi connectivity index (χ0) is 11.8. The molecule has 0 aromatic heterocycles. The van der Waals surface area contributed by atoms with Crippen LogP contribution in [0.5, 0.6) is 0 Å². The predicted octanol–water partition coefficient (Wildman–Crippen LogP) is 2.60. The van der Waals surface area contributed by atoms with Crippen molar-refractivity contribution in [3.8, 4) is 0 Å². The number of halogens is 5. The summed E-state index contributed by atoms with van der Waals surface area (Å²) in [5, 5.41) is -0.793.